The molecule has 0 bridgehead atoms. The zero-order chi connectivity index (χ0) is 10.6. The van der Waals surface area contributed by atoms with E-state index in [4.69, 9.17) is 0 Å². The monoisotopic (exact) mass is 190 g/mol. The third kappa shape index (κ3) is 2.89. The number of nitrogens with one attached hydrogen (secondary N) is 1. The molecule has 0 atom stereocenters. The van der Waals surface area contributed by atoms with E-state index in [1.807, 2.05) is 7.05 Å². The first-order valence-corrected chi connectivity index (χ1v) is 4.74. The van der Waals surface area contributed by atoms with Crippen LogP contribution in [0.4, 0.5) is 0 Å². The Morgan fingerprint density at radius 3 is 2.29 bits per heavy atom. The van der Waals surface area contributed by atoms with Gasteiger partial charge in [-0.05, 0) is 25.2 Å². The molecule has 0 aromatic heterocycles. The Balaban J connectivity index is 2.73. The summed E-state index contributed by atoms with van der Waals surface area (Å²) in [6.07, 6.45) is 0. The summed E-state index contributed by atoms with van der Waals surface area (Å²) < 4.78 is 0. The minimum Gasteiger partial charge on any atom is -0.388 e. The second kappa shape index (κ2) is 4.82. The Labute approximate surface area is 86.2 Å². The third-order valence-electron chi connectivity index (χ3n) is 2.10. The smallest absolute Gasteiger partial charge is 0.0338 e. The van der Waals surface area contributed by atoms with Crippen LogP contribution in [0.3, 0.4) is 0 Å². The van der Waals surface area contributed by atoms with Crippen molar-refractivity contribution >= 4 is 5.70 Å². The van der Waals surface area contributed by atoms with Gasteiger partial charge >= 0.3 is 0 Å². The summed E-state index contributed by atoms with van der Waals surface area (Å²) in [7, 11) is 6.02. The molecule has 0 amide bonds. The Hall–Kier alpha value is -1.28. The Morgan fingerprint density at radius 1 is 1.29 bits per heavy atom. The molecule has 14 heavy (non-hydrogen) atoms. The largest absolute Gasteiger partial charge is 0.388 e. The summed E-state index contributed by atoms with van der Waals surface area (Å²) in [5.41, 5.74) is 3.43. The highest BCUT2D eigenvalue weighted by atomic mass is 15.0. The fourth-order valence-corrected chi connectivity index (χ4v) is 1.32. The standard InChI is InChI=1S/C12H18N2/c1-10(13-2)12-7-5-11(6-8-12)9-14(3)4/h5-8,13H,1,9H2,2-4H3. The van der Waals surface area contributed by atoms with E-state index in [2.05, 4.69) is 55.2 Å². The predicted molar refractivity (Wildman–Crippen MR) is 61.9 cm³/mol. The SMILES string of the molecule is C=C(NC)c1ccc(CN(C)C)cc1. The summed E-state index contributed by atoms with van der Waals surface area (Å²) in [5.74, 6) is 0. The van der Waals surface area contributed by atoms with E-state index in [1.54, 1.807) is 0 Å². The lowest BCUT2D eigenvalue weighted by Crippen LogP contribution is -2.10. The number of hydrogen-bond acceptors (Lipinski definition) is 2. The summed E-state index contributed by atoms with van der Waals surface area (Å²) >= 11 is 0. The Morgan fingerprint density at radius 2 is 1.86 bits per heavy atom. The van der Waals surface area contributed by atoms with Gasteiger partial charge < -0.3 is 10.2 Å². The molecule has 0 heterocycles. The van der Waals surface area contributed by atoms with Crippen LogP contribution in [0.25, 0.3) is 5.70 Å². The molecule has 2 heteroatoms. The fraction of sp³-hybridized carbons (Fsp3) is 0.333. The highest BCUT2D eigenvalue weighted by Gasteiger charge is 1.97. The average molecular weight is 190 g/mol. The maximum atomic E-state index is 3.91. The van der Waals surface area contributed by atoms with Crippen molar-refractivity contribution in [1.29, 1.82) is 0 Å². The van der Waals surface area contributed by atoms with Crippen molar-refractivity contribution in [3.8, 4) is 0 Å². The van der Waals surface area contributed by atoms with E-state index >= 15 is 0 Å². The first kappa shape index (κ1) is 10.8. The lowest BCUT2D eigenvalue weighted by molar-refractivity contribution is 0.402. The van der Waals surface area contributed by atoms with Crippen LogP contribution >= 0.6 is 0 Å². The van der Waals surface area contributed by atoms with Gasteiger partial charge in [-0.15, -0.1) is 0 Å². The van der Waals surface area contributed by atoms with Gasteiger partial charge in [0.25, 0.3) is 0 Å². The van der Waals surface area contributed by atoms with E-state index in [9.17, 15) is 0 Å². The van der Waals surface area contributed by atoms with Crippen molar-refractivity contribution in [3.05, 3.63) is 42.0 Å². The van der Waals surface area contributed by atoms with Crippen molar-refractivity contribution in [1.82, 2.24) is 10.2 Å². The van der Waals surface area contributed by atoms with Crippen molar-refractivity contribution in [3.63, 3.8) is 0 Å². The summed E-state index contributed by atoms with van der Waals surface area (Å²) in [6, 6.07) is 8.46. The van der Waals surface area contributed by atoms with E-state index < -0.39 is 0 Å². The molecule has 0 radical (unpaired) electrons. The Bertz CT molecular complexity index is 299. The number of benzene rings is 1. The predicted octanol–water partition coefficient (Wildman–Crippen LogP) is 1.94. The van der Waals surface area contributed by atoms with Gasteiger partial charge in [0.15, 0.2) is 0 Å². The number of hydrogen-bond donors (Lipinski definition) is 1. The van der Waals surface area contributed by atoms with E-state index in [0.29, 0.717) is 0 Å². The first-order valence-electron chi connectivity index (χ1n) is 4.74. The molecular formula is C12H18N2. The molecule has 1 rings (SSSR count). The van der Waals surface area contributed by atoms with Crippen LogP contribution < -0.4 is 5.32 Å². The molecule has 0 unspecified atom stereocenters. The van der Waals surface area contributed by atoms with Crippen LogP contribution in [0.1, 0.15) is 11.1 Å². The normalized spacial score (nSPS) is 10.3. The Kier molecular flexibility index (Phi) is 3.72. The molecule has 0 aliphatic rings. The minimum atomic E-state index is 0.960. The molecule has 0 spiro atoms. The van der Waals surface area contributed by atoms with Crippen molar-refractivity contribution < 1.29 is 0 Å². The van der Waals surface area contributed by atoms with Gasteiger partial charge in [-0.3, -0.25) is 0 Å². The number of nitrogens with zero attached hydrogens (tertiary/aromatic N) is 1. The second-order valence-corrected chi connectivity index (χ2v) is 3.66. The second-order valence-electron chi connectivity index (χ2n) is 3.66. The molecule has 76 valence electrons. The van der Waals surface area contributed by atoms with Gasteiger partial charge in [0, 0.05) is 19.3 Å². The maximum absolute atomic E-state index is 3.91. The molecule has 1 N–H and O–H groups in total. The van der Waals surface area contributed by atoms with Crippen LogP contribution in [0, 0.1) is 0 Å². The summed E-state index contributed by atoms with van der Waals surface area (Å²) in [5, 5.41) is 3.04. The van der Waals surface area contributed by atoms with Gasteiger partial charge in [0.05, 0.1) is 0 Å². The van der Waals surface area contributed by atoms with Crippen LogP contribution in [0.15, 0.2) is 30.8 Å². The average Bonchev–Trinajstić information content (AvgIpc) is 2.17. The molecule has 1 aromatic carbocycles. The minimum absolute atomic E-state index is 0.960. The van der Waals surface area contributed by atoms with E-state index in [0.717, 1.165) is 17.8 Å². The van der Waals surface area contributed by atoms with Crippen LogP contribution in [-0.4, -0.2) is 26.0 Å². The summed E-state index contributed by atoms with van der Waals surface area (Å²) in [4.78, 5) is 2.15. The van der Waals surface area contributed by atoms with Crippen molar-refractivity contribution in [2.75, 3.05) is 21.1 Å². The van der Waals surface area contributed by atoms with Gasteiger partial charge in [-0.1, -0.05) is 30.8 Å². The highest BCUT2D eigenvalue weighted by molar-refractivity contribution is 5.61. The molecule has 2 nitrogen and oxygen atoms in total. The molecule has 0 aliphatic heterocycles. The fourth-order valence-electron chi connectivity index (χ4n) is 1.32. The highest BCUT2D eigenvalue weighted by Crippen LogP contribution is 2.11. The quantitative estimate of drug-likeness (QED) is 0.780. The lowest BCUT2D eigenvalue weighted by Gasteiger charge is -2.10. The van der Waals surface area contributed by atoms with Crippen LogP contribution in [0.2, 0.25) is 0 Å². The van der Waals surface area contributed by atoms with Crippen LogP contribution in [0.5, 0.6) is 0 Å². The molecule has 1 aromatic rings. The zero-order valence-electron chi connectivity index (χ0n) is 9.17. The van der Waals surface area contributed by atoms with Gasteiger partial charge in [0.2, 0.25) is 0 Å². The van der Waals surface area contributed by atoms with E-state index in [1.165, 1.54) is 5.56 Å². The zero-order valence-corrected chi connectivity index (χ0v) is 9.17. The molecule has 0 aliphatic carbocycles. The topological polar surface area (TPSA) is 15.3 Å². The third-order valence-corrected chi connectivity index (χ3v) is 2.10. The molecule has 0 saturated heterocycles. The van der Waals surface area contributed by atoms with Gasteiger partial charge in [-0.2, -0.15) is 0 Å². The van der Waals surface area contributed by atoms with Crippen molar-refractivity contribution in [2.24, 2.45) is 0 Å². The molecular weight excluding hydrogens is 172 g/mol. The maximum Gasteiger partial charge on any atom is 0.0338 e. The van der Waals surface area contributed by atoms with E-state index in [-0.39, 0.29) is 0 Å². The first-order chi connectivity index (χ1) is 6.63. The summed E-state index contributed by atoms with van der Waals surface area (Å²) in [6.45, 7) is 4.89. The molecule has 0 fully saturated rings. The van der Waals surface area contributed by atoms with Crippen LogP contribution in [-0.2, 0) is 6.54 Å². The molecule has 0 saturated carbocycles. The van der Waals surface area contributed by atoms with Crippen molar-refractivity contribution in [2.45, 2.75) is 6.54 Å². The lowest BCUT2D eigenvalue weighted by atomic mass is 10.1. The number of rotatable bonds is 4. The van der Waals surface area contributed by atoms with Gasteiger partial charge in [0.1, 0.15) is 0 Å². The van der Waals surface area contributed by atoms with Gasteiger partial charge in [-0.25, -0.2) is 0 Å².